The Balaban J connectivity index is -0.000000688. The summed E-state index contributed by atoms with van der Waals surface area (Å²) in [7, 11) is 0. The Labute approximate surface area is 282 Å². The van der Waals surface area contributed by atoms with E-state index in [0.29, 0.717) is 0 Å². The van der Waals surface area contributed by atoms with Crippen molar-refractivity contribution in [1.29, 1.82) is 0 Å². The molecular weight excluding hydrogens is 536 g/mol. The third-order valence-electron chi connectivity index (χ3n) is 6.16. The predicted octanol–water partition coefficient (Wildman–Crippen LogP) is 8.27. The first-order chi connectivity index (χ1) is 19.5. The molecule has 0 bridgehead atoms. The molecule has 5 heteroatoms. The molecule has 4 nitrogen and oxygen atoms in total. The summed E-state index contributed by atoms with van der Waals surface area (Å²) < 4.78 is 0. The fourth-order valence-corrected chi connectivity index (χ4v) is 3.72. The van der Waals surface area contributed by atoms with E-state index in [0.717, 1.165) is 51.4 Å². The third-order valence-corrected chi connectivity index (χ3v) is 6.16. The Morgan fingerprint density at radius 1 is 0.415 bits per heavy atom. The molecule has 0 heterocycles. The first-order valence-corrected chi connectivity index (χ1v) is 15.9. The summed E-state index contributed by atoms with van der Waals surface area (Å²) in [5, 5.41) is 20.4. The van der Waals surface area contributed by atoms with Crippen LogP contribution in [0.3, 0.4) is 0 Å². The Kier molecular flexibility index (Phi) is 43.8. The van der Waals surface area contributed by atoms with Crippen molar-refractivity contribution in [2.24, 2.45) is 0 Å². The van der Waals surface area contributed by atoms with E-state index in [1.807, 2.05) is 0 Å². The van der Waals surface area contributed by atoms with Crippen LogP contribution < -0.4 is 10.2 Å². The largest absolute Gasteiger partial charge is 2.00 e. The van der Waals surface area contributed by atoms with Crippen LogP contribution in [-0.2, 0) is 9.59 Å². The minimum atomic E-state index is -0.927. The van der Waals surface area contributed by atoms with E-state index in [1.165, 1.54) is 64.2 Å². The molecule has 0 saturated carbocycles. The average Bonchev–Trinajstić information content (AvgIpc) is 2.93. The number of hydrogen-bond acceptors (Lipinski definition) is 4. The van der Waals surface area contributed by atoms with E-state index in [2.05, 4.69) is 86.8 Å². The molecule has 0 unspecified atom stereocenters. The number of carbonyl (C=O) groups is 2. The van der Waals surface area contributed by atoms with Crippen LogP contribution in [0, 0.1) is 0 Å². The molecule has 0 radical (unpaired) electrons. The van der Waals surface area contributed by atoms with Gasteiger partial charge in [0, 0.05) is 11.9 Å². The van der Waals surface area contributed by atoms with Gasteiger partial charge < -0.3 is 19.8 Å². The zero-order chi connectivity index (χ0) is 29.8. The second-order valence-electron chi connectivity index (χ2n) is 10.1. The van der Waals surface area contributed by atoms with Gasteiger partial charge in [-0.3, -0.25) is 0 Å². The maximum atomic E-state index is 10.2. The number of aliphatic carboxylic acids is 2. The molecule has 0 aromatic heterocycles. The van der Waals surface area contributed by atoms with Crippen LogP contribution in [0.25, 0.3) is 0 Å². The van der Waals surface area contributed by atoms with Crippen LogP contribution in [0.15, 0.2) is 72.9 Å². The quantitative estimate of drug-likeness (QED) is 0.0573. The van der Waals surface area contributed by atoms with Gasteiger partial charge in [0.15, 0.2) is 0 Å². The predicted molar refractivity (Wildman–Crippen MR) is 174 cm³/mol. The summed E-state index contributed by atoms with van der Waals surface area (Å²) in [6.07, 6.45) is 46.0. The van der Waals surface area contributed by atoms with Crippen LogP contribution >= 0.6 is 0 Å². The molecule has 0 atom stereocenters. The van der Waals surface area contributed by atoms with Crippen LogP contribution in [0.4, 0.5) is 0 Å². The number of carbonyl (C=O) groups excluding carboxylic acids is 2. The monoisotopic (exact) mass is 594 g/mol. The first kappa shape index (κ1) is 44.1. The SMILES string of the molecule is CCCCC=CC=CC=CCCCCCCCC(=O)[O-].CCCCC=CC=CC=CCCCCCCCC(=O)[O-].[Ca+2]. The second kappa shape index (κ2) is 40.8. The van der Waals surface area contributed by atoms with E-state index >= 15 is 0 Å². The Bertz CT molecular complexity index is 670. The van der Waals surface area contributed by atoms with Gasteiger partial charge in [0.2, 0.25) is 0 Å². The van der Waals surface area contributed by atoms with E-state index in [4.69, 9.17) is 0 Å². The van der Waals surface area contributed by atoms with Gasteiger partial charge in [0.1, 0.15) is 0 Å². The number of rotatable bonds is 26. The molecule has 0 aromatic carbocycles. The standard InChI is InChI=1S/2C18H30O2.Ca/c2*1-2-3-4-5-6-7-8-9-10-11-12-13-14-15-16-17-18(19)20;/h2*5-10H,2-4,11-17H2,1H3,(H,19,20);/q;;+2/p-2. The van der Waals surface area contributed by atoms with E-state index in [-0.39, 0.29) is 50.6 Å². The zero-order valence-electron chi connectivity index (χ0n) is 26.4. The number of carboxylic acid groups (broad SMARTS) is 2. The molecule has 0 aliphatic rings. The van der Waals surface area contributed by atoms with Gasteiger partial charge in [0.25, 0.3) is 0 Å². The summed E-state index contributed by atoms with van der Waals surface area (Å²) in [4.78, 5) is 20.4. The van der Waals surface area contributed by atoms with Gasteiger partial charge in [0.05, 0.1) is 0 Å². The van der Waals surface area contributed by atoms with Crippen LogP contribution in [-0.4, -0.2) is 49.7 Å². The minimum absolute atomic E-state index is 0. The van der Waals surface area contributed by atoms with E-state index < -0.39 is 11.9 Å². The molecule has 0 N–H and O–H groups in total. The molecule has 0 amide bonds. The number of unbranched alkanes of at least 4 members (excludes halogenated alkanes) is 14. The summed E-state index contributed by atoms with van der Waals surface area (Å²) in [5.74, 6) is -1.85. The van der Waals surface area contributed by atoms with Crippen molar-refractivity contribution in [1.82, 2.24) is 0 Å². The molecular formula is C36H58CaO4. The van der Waals surface area contributed by atoms with Gasteiger partial charge in [-0.15, -0.1) is 0 Å². The van der Waals surface area contributed by atoms with Crippen LogP contribution in [0.5, 0.6) is 0 Å². The van der Waals surface area contributed by atoms with Crippen molar-refractivity contribution >= 4 is 49.7 Å². The number of allylic oxidation sites excluding steroid dienone is 12. The van der Waals surface area contributed by atoms with Crippen LogP contribution in [0.1, 0.15) is 142 Å². The van der Waals surface area contributed by atoms with Gasteiger partial charge in [-0.05, 0) is 64.2 Å². The van der Waals surface area contributed by atoms with Crippen LogP contribution in [0.2, 0.25) is 0 Å². The van der Waals surface area contributed by atoms with E-state index in [1.54, 1.807) is 0 Å². The first-order valence-electron chi connectivity index (χ1n) is 15.9. The normalized spacial score (nSPS) is 11.8. The Morgan fingerprint density at radius 3 is 0.976 bits per heavy atom. The van der Waals surface area contributed by atoms with Gasteiger partial charge in [-0.25, -0.2) is 0 Å². The van der Waals surface area contributed by atoms with Crippen molar-refractivity contribution < 1.29 is 19.8 Å². The molecule has 0 spiro atoms. The molecule has 0 rings (SSSR count). The van der Waals surface area contributed by atoms with Gasteiger partial charge in [-0.1, -0.05) is 151 Å². The molecule has 0 aliphatic carbocycles. The van der Waals surface area contributed by atoms with Crippen molar-refractivity contribution in [2.75, 3.05) is 0 Å². The molecule has 0 saturated heterocycles. The zero-order valence-corrected chi connectivity index (χ0v) is 28.6. The molecule has 41 heavy (non-hydrogen) atoms. The molecule has 0 fully saturated rings. The van der Waals surface area contributed by atoms with Crippen molar-refractivity contribution in [3.05, 3.63) is 72.9 Å². The average molecular weight is 595 g/mol. The molecule has 228 valence electrons. The topological polar surface area (TPSA) is 80.3 Å². The summed E-state index contributed by atoms with van der Waals surface area (Å²) in [6.45, 7) is 4.41. The van der Waals surface area contributed by atoms with Gasteiger partial charge in [-0.2, -0.15) is 0 Å². The summed E-state index contributed by atoms with van der Waals surface area (Å²) >= 11 is 0. The Hall–Kier alpha value is -1.36. The summed E-state index contributed by atoms with van der Waals surface area (Å²) in [5.41, 5.74) is 0. The fraction of sp³-hybridized carbons (Fsp3) is 0.611. The molecule has 0 aromatic rings. The second-order valence-corrected chi connectivity index (χ2v) is 10.1. The van der Waals surface area contributed by atoms with Crippen molar-refractivity contribution in [3.63, 3.8) is 0 Å². The number of carboxylic acids is 2. The molecule has 0 aliphatic heterocycles. The van der Waals surface area contributed by atoms with Gasteiger partial charge >= 0.3 is 37.7 Å². The maximum absolute atomic E-state index is 10.2. The Morgan fingerprint density at radius 2 is 0.683 bits per heavy atom. The number of hydrogen-bond donors (Lipinski definition) is 0. The summed E-state index contributed by atoms with van der Waals surface area (Å²) in [6, 6.07) is 0. The minimum Gasteiger partial charge on any atom is -0.550 e. The van der Waals surface area contributed by atoms with Crippen molar-refractivity contribution in [3.8, 4) is 0 Å². The van der Waals surface area contributed by atoms with Crippen molar-refractivity contribution in [2.45, 2.75) is 142 Å². The third kappa shape index (κ3) is 48.7. The maximum Gasteiger partial charge on any atom is 2.00 e. The van der Waals surface area contributed by atoms with E-state index in [9.17, 15) is 19.8 Å². The smallest absolute Gasteiger partial charge is 0.550 e. The fourth-order valence-electron chi connectivity index (χ4n) is 3.72.